The van der Waals surface area contributed by atoms with Gasteiger partial charge in [0.25, 0.3) is 0 Å². The third kappa shape index (κ3) is 11.3. The summed E-state index contributed by atoms with van der Waals surface area (Å²) < 4.78 is 10.6. The summed E-state index contributed by atoms with van der Waals surface area (Å²) in [5, 5.41) is 16.2. The topological polar surface area (TPSA) is 114 Å². The van der Waals surface area contributed by atoms with Gasteiger partial charge in [-0.05, 0) is 51.2 Å². The third-order valence-electron chi connectivity index (χ3n) is 5.76. The van der Waals surface area contributed by atoms with Crippen LogP contribution in [-0.4, -0.2) is 58.7 Å². The van der Waals surface area contributed by atoms with Crippen molar-refractivity contribution < 1.29 is 29.0 Å². The number of carbonyl (C=O) groups is 3. The number of rotatable bonds is 13. The average Bonchev–Trinajstić information content (AvgIpc) is 2.87. The molecule has 4 atom stereocenters. The molecule has 0 aliphatic rings. The second-order valence-electron chi connectivity index (χ2n) is 10.6. The number of thioether (sulfide) groups is 1. The fraction of sp³-hybridized carbons (Fsp3) is 0.500. The van der Waals surface area contributed by atoms with Gasteiger partial charge in [0.05, 0.1) is 18.8 Å². The van der Waals surface area contributed by atoms with E-state index in [1.165, 1.54) is 11.8 Å². The van der Waals surface area contributed by atoms with Crippen LogP contribution in [0.4, 0.5) is 4.79 Å². The van der Waals surface area contributed by atoms with E-state index in [2.05, 4.69) is 10.6 Å². The van der Waals surface area contributed by atoms with Crippen LogP contribution in [0.1, 0.15) is 52.7 Å². The van der Waals surface area contributed by atoms with Crippen LogP contribution in [0.2, 0.25) is 0 Å². The summed E-state index contributed by atoms with van der Waals surface area (Å²) in [5.41, 5.74) is 1.14. The van der Waals surface area contributed by atoms with Crippen molar-refractivity contribution in [2.75, 3.05) is 6.61 Å². The molecule has 0 saturated heterocycles. The van der Waals surface area contributed by atoms with Crippen molar-refractivity contribution in [3.8, 4) is 0 Å². The summed E-state index contributed by atoms with van der Waals surface area (Å²) in [7, 11) is 0. The quantitative estimate of drug-likeness (QED) is 0.311. The van der Waals surface area contributed by atoms with Crippen LogP contribution in [0.25, 0.3) is 0 Å². The number of nitrogens with one attached hydrogen (secondary N) is 2. The van der Waals surface area contributed by atoms with Crippen molar-refractivity contribution in [3.63, 3.8) is 0 Å². The van der Waals surface area contributed by atoms with Crippen LogP contribution >= 0.6 is 11.8 Å². The number of carbonyl (C=O) groups excluding carboxylic acids is 3. The highest BCUT2D eigenvalue weighted by molar-refractivity contribution is 7.99. The van der Waals surface area contributed by atoms with E-state index in [4.69, 9.17) is 9.47 Å². The van der Waals surface area contributed by atoms with Crippen LogP contribution in [0, 0.1) is 5.92 Å². The van der Waals surface area contributed by atoms with Gasteiger partial charge >= 0.3 is 12.1 Å². The van der Waals surface area contributed by atoms with Crippen LogP contribution in [0.3, 0.4) is 0 Å². The predicted molar refractivity (Wildman–Crippen MR) is 154 cm³/mol. The van der Waals surface area contributed by atoms with Crippen LogP contribution < -0.4 is 10.6 Å². The Morgan fingerprint density at radius 1 is 0.923 bits per heavy atom. The second kappa shape index (κ2) is 15.5. The molecule has 2 aromatic rings. The average molecular weight is 559 g/mol. The molecular formula is C30H42N2O6S. The Morgan fingerprint density at radius 2 is 1.49 bits per heavy atom. The van der Waals surface area contributed by atoms with Gasteiger partial charge < -0.3 is 25.2 Å². The van der Waals surface area contributed by atoms with Crippen molar-refractivity contribution in [2.45, 2.75) is 82.8 Å². The molecular weight excluding hydrogens is 516 g/mol. The van der Waals surface area contributed by atoms with E-state index in [9.17, 15) is 19.5 Å². The van der Waals surface area contributed by atoms with Crippen LogP contribution in [0.15, 0.2) is 60.7 Å². The molecule has 0 saturated carbocycles. The summed E-state index contributed by atoms with van der Waals surface area (Å²) in [4.78, 5) is 38.9. The minimum absolute atomic E-state index is 0.166. The zero-order chi connectivity index (χ0) is 29.0. The maximum absolute atomic E-state index is 13.5. The highest BCUT2D eigenvalue weighted by Crippen LogP contribution is 2.25. The molecule has 39 heavy (non-hydrogen) atoms. The van der Waals surface area contributed by atoms with Crippen molar-refractivity contribution in [2.24, 2.45) is 5.92 Å². The summed E-state index contributed by atoms with van der Waals surface area (Å²) in [6, 6.07) is 17.3. The van der Waals surface area contributed by atoms with E-state index in [1.807, 2.05) is 60.7 Å². The number of alkyl carbamates (subject to hydrolysis) is 1. The lowest BCUT2D eigenvalue weighted by atomic mass is 9.97. The van der Waals surface area contributed by atoms with E-state index in [1.54, 1.807) is 41.5 Å². The Kier molecular flexibility index (Phi) is 12.8. The van der Waals surface area contributed by atoms with Crippen molar-refractivity contribution >= 4 is 29.7 Å². The molecule has 0 radical (unpaired) electrons. The maximum Gasteiger partial charge on any atom is 0.408 e. The summed E-state index contributed by atoms with van der Waals surface area (Å²) >= 11 is 1.26. The van der Waals surface area contributed by atoms with Crippen LogP contribution in [0.5, 0.6) is 0 Å². The Morgan fingerprint density at radius 3 is 2.00 bits per heavy atom. The molecule has 0 spiro atoms. The Balaban J connectivity index is 2.31. The van der Waals surface area contributed by atoms with Crippen LogP contribution in [-0.2, 0) is 31.2 Å². The fourth-order valence-electron chi connectivity index (χ4n) is 3.87. The Hall–Kier alpha value is -3.04. The lowest BCUT2D eigenvalue weighted by molar-refractivity contribution is -0.145. The number of esters is 1. The molecule has 214 valence electrons. The number of aliphatic hydroxyl groups is 1. The SMILES string of the molecule is CCOC(=O)C(SCc1ccccc1)C(O)[C@H](Cc1ccccc1)NC(=O)[C@@H](NC(=O)OC(C)(C)C)C(C)C. The van der Waals surface area contributed by atoms with Gasteiger partial charge in [-0.2, -0.15) is 0 Å². The molecule has 0 fully saturated rings. The van der Waals surface area contributed by atoms with E-state index in [0.717, 1.165) is 11.1 Å². The Labute approximate surface area is 236 Å². The molecule has 2 aromatic carbocycles. The molecule has 0 aliphatic carbocycles. The highest BCUT2D eigenvalue weighted by atomic mass is 32.2. The first-order chi connectivity index (χ1) is 18.4. The van der Waals surface area contributed by atoms with Gasteiger partial charge in [0.15, 0.2) is 0 Å². The number of hydrogen-bond acceptors (Lipinski definition) is 7. The largest absolute Gasteiger partial charge is 0.465 e. The minimum Gasteiger partial charge on any atom is -0.465 e. The summed E-state index contributed by atoms with van der Waals surface area (Å²) in [5.74, 6) is -0.820. The van der Waals surface area contributed by atoms with E-state index >= 15 is 0 Å². The lowest BCUT2D eigenvalue weighted by Crippen LogP contribution is -2.57. The number of hydrogen-bond donors (Lipinski definition) is 3. The first-order valence-electron chi connectivity index (χ1n) is 13.2. The van der Waals surface area contributed by atoms with Gasteiger partial charge in [-0.25, -0.2) is 4.79 Å². The number of benzene rings is 2. The predicted octanol–water partition coefficient (Wildman–Crippen LogP) is 4.49. The number of amides is 2. The molecule has 2 rings (SSSR count). The van der Waals surface area contributed by atoms with Gasteiger partial charge in [-0.15, -0.1) is 11.8 Å². The summed E-state index contributed by atoms with van der Waals surface area (Å²) in [6.45, 7) is 10.7. The highest BCUT2D eigenvalue weighted by Gasteiger charge is 2.37. The van der Waals surface area contributed by atoms with Crippen molar-refractivity contribution in [1.82, 2.24) is 10.6 Å². The molecule has 0 aliphatic heterocycles. The zero-order valence-corrected chi connectivity index (χ0v) is 24.5. The van der Waals surface area contributed by atoms with Gasteiger partial charge in [-0.1, -0.05) is 74.5 Å². The molecule has 3 N–H and O–H groups in total. The molecule has 2 amide bonds. The van der Waals surface area contributed by atoms with Gasteiger partial charge in [0.2, 0.25) is 5.91 Å². The molecule has 0 bridgehead atoms. The smallest absolute Gasteiger partial charge is 0.408 e. The molecule has 8 nitrogen and oxygen atoms in total. The lowest BCUT2D eigenvalue weighted by Gasteiger charge is -2.32. The maximum atomic E-state index is 13.5. The molecule has 9 heteroatoms. The number of aliphatic hydroxyl groups excluding tert-OH is 1. The van der Waals surface area contributed by atoms with Crippen molar-refractivity contribution in [3.05, 3.63) is 71.8 Å². The van der Waals surface area contributed by atoms with Gasteiger partial charge in [0.1, 0.15) is 16.9 Å². The number of ether oxygens (including phenoxy) is 2. The summed E-state index contributed by atoms with van der Waals surface area (Å²) in [6.07, 6.45) is -1.71. The Bertz CT molecular complexity index is 1040. The van der Waals surface area contributed by atoms with E-state index in [-0.39, 0.29) is 18.9 Å². The monoisotopic (exact) mass is 558 g/mol. The standard InChI is InChI=1S/C30H42N2O6S/c1-7-37-28(35)26(39-19-22-16-12-9-13-17-22)25(33)23(18-21-14-10-8-11-15-21)31-27(34)24(20(2)3)32-29(36)38-30(4,5)6/h8-17,20,23-26,33H,7,18-19H2,1-6H3,(H,31,34)(H,32,36)/t23-,24-,25?,26?/m0/s1. The molecule has 0 heterocycles. The third-order valence-corrected chi connectivity index (χ3v) is 7.09. The fourth-order valence-corrected chi connectivity index (χ4v) is 5.02. The first kappa shape index (κ1) is 32.2. The molecule has 2 unspecified atom stereocenters. The first-order valence-corrected chi connectivity index (χ1v) is 14.3. The second-order valence-corrected chi connectivity index (χ2v) is 11.8. The van der Waals surface area contributed by atoms with Crippen molar-refractivity contribution in [1.29, 1.82) is 0 Å². The normalized spacial score (nSPS) is 14.6. The van der Waals surface area contributed by atoms with Gasteiger partial charge in [0, 0.05) is 5.75 Å². The van der Waals surface area contributed by atoms with E-state index < -0.39 is 47.0 Å². The zero-order valence-electron chi connectivity index (χ0n) is 23.7. The molecule has 0 aromatic heterocycles. The minimum atomic E-state index is -1.27. The van der Waals surface area contributed by atoms with Gasteiger partial charge in [-0.3, -0.25) is 9.59 Å². The van der Waals surface area contributed by atoms with E-state index in [0.29, 0.717) is 5.75 Å².